The highest BCUT2D eigenvalue weighted by atomic mass is 16.3. The summed E-state index contributed by atoms with van der Waals surface area (Å²) in [6.45, 7) is 4.26. The summed E-state index contributed by atoms with van der Waals surface area (Å²) < 4.78 is 0. The first-order valence-corrected chi connectivity index (χ1v) is 6.31. The standard InChI is InChI=1S/C12H25NO2/c14-10-3-1-2-7-13-8-4-12(5-9-13)6-11-15/h12,14-15H,1-11H2. The van der Waals surface area contributed by atoms with Crippen LogP contribution in [0, 0.1) is 5.92 Å². The Morgan fingerprint density at radius 3 is 2.27 bits per heavy atom. The van der Waals surface area contributed by atoms with E-state index >= 15 is 0 Å². The molecule has 15 heavy (non-hydrogen) atoms. The third-order valence-corrected chi connectivity index (χ3v) is 3.38. The lowest BCUT2D eigenvalue weighted by Gasteiger charge is -2.31. The monoisotopic (exact) mass is 215 g/mol. The Hall–Kier alpha value is -0.120. The fourth-order valence-corrected chi connectivity index (χ4v) is 2.31. The molecule has 3 nitrogen and oxygen atoms in total. The van der Waals surface area contributed by atoms with Crippen LogP contribution in [0.2, 0.25) is 0 Å². The second kappa shape index (κ2) is 8.08. The van der Waals surface area contributed by atoms with Crippen molar-refractivity contribution in [1.29, 1.82) is 0 Å². The first-order chi connectivity index (χ1) is 7.36. The molecule has 0 bridgehead atoms. The zero-order chi connectivity index (χ0) is 10.9. The summed E-state index contributed by atoms with van der Waals surface area (Å²) in [5.41, 5.74) is 0. The molecule has 0 aliphatic carbocycles. The molecule has 3 heteroatoms. The van der Waals surface area contributed by atoms with Crippen LogP contribution >= 0.6 is 0 Å². The van der Waals surface area contributed by atoms with E-state index in [0.29, 0.717) is 13.2 Å². The van der Waals surface area contributed by atoms with Crippen LogP contribution in [0.4, 0.5) is 0 Å². The number of rotatable bonds is 7. The van der Waals surface area contributed by atoms with Crippen LogP contribution in [0.1, 0.15) is 38.5 Å². The average Bonchev–Trinajstić information content (AvgIpc) is 2.27. The molecule has 1 fully saturated rings. The minimum Gasteiger partial charge on any atom is -0.396 e. The Kier molecular flexibility index (Phi) is 6.98. The maximum Gasteiger partial charge on any atom is 0.0433 e. The minimum absolute atomic E-state index is 0.332. The van der Waals surface area contributed by atoms with Gasteiger partial charge in [-0.1, -0.05) is 0 Å². The van der Waals surface area contributed by atoms with Crippen LogP contribution in [-0.4, -0.2) is 48.0 Å². The second-order valence-corrected chi connectivity index (χ2v) is 4.58. The summed E-state index contributed by atoms with van der Waals surface area (Å²) in [6, 6.07) is 0. The van der Waals surface area contributed by atoms with Gasteiger partial charge in [0, 0.05) is 13.2 Å². The molecular formula is C12H25NO2. The van der Waals surface area contributed by atoms with Crippen molar-refractivity contribution in [2.45, 2.75) is 38.5 Å². The number of aliphatic hydroxyl groups is 2. The molecule has 0 amide bonds. The predicted octanol–water partition coefficient (Wildman–Crippen LogP) is 1.24. The van der Waals surface area contributed by atoms with Crippen LogP contribution in [-0.2, 0) is 0 Å². The van der Waals surface area contributed by atoms with E-state index in [1.165, 1.54) is 38.9 Å². The van der Waals surface area contributed by atoms with Gasteiger partial charge in [-0.25, -0.2) is 0 Å². The topological polar surface area (TPSA) is 43.7 Å². The van der Waals surface area contributed by atoms with Gasteiger partial charge in [-0.2, -0.15) is 0 Å². The van der Waals surface area contributed by atoms with Crippen LogP contribution in [0.5, 0.6) is 0 Å². The normalized spacial score (nSPS) is 19.6. The number of hydrogen-bond donors (Lipinski definition) is 2. The summed E-state index contributed by atoms with van der Waals surface area (Å²) in [4.78, 5) is 2.52. The Morgan fingerprint density at radius 1 is 0.933 bits per heavy atom. The van der Waals surface area contributed by atoms with Gasteiger partial charge >= 0.3 is 0 Å². The van der Waals surface area contributed by atoms with Gasteiger partial charge in [0.1, 0.15) is 0 Å². The van der Waals surface area contributed by atoms with E-state index in [4.69, 9.17) is 10.2 Å². The van der Waals surface area contributed by atoms with E-state index in [0.717, 1.165) is 25.2 Å². The zero-order valence-corrected chi connectivity index (χ0v) is 9.70. The van der Waals surface area contributed by atoms with Crippen molar-refractivity contribution in [3.8, 4) is 0 Å². The van der Waals surface area contributed by atoms with E-state index < -0.39 is 0 Å². The molecule has 0 unspecified atom stereocenters. The lowest BCUT2D eigenvalue weighted by molar-refractivity contribution is 0.155. The molecule has 0 atom stereocenters. The summed E-state index contributed by atoms with van der Waals surface area (Å²) in [6.07, 6.45) is 6.79. The van der Waals surface area contributed by atoms with Gasteiger partial charge in [0.05, 0.1) is 0 Å². The summed E-state index contributed by atoms with van der Waals surface area (Å²) >= 11 is 0. The van der Waals surface area contributed by atoms with Gasteiger partial charge in [-0.3, -0.25) is 0 Å². The lowest BCUT2D eigenvalue weighted by atomic mass is 9.94. The van der Waals surface area contributed by atoms with Crippen molar-refractivity contribution in [2.75, 3.05) is 32.8 Å². The van der Waals surface area contributed by atoms with E-state index in [1.807, 2.05) is 0 Å². The molecule has 0 aromatic rings. The first kappa shape index (κ1) is 12.9. The SMILES string of the molecule is OCCCCCN1CCC(CCO)CC1. The molecule has 2 N–H and O–H groups in total. The van der Waals surface area contributed by atoms with Gasteiger partial charge in [0.15, 0.2) is 0 Å². The molecule has 0 spiro atoms. The molecule has 0 aromatic carbocycles. The van der Waals surface area contributed by atoms with E-state index in [1.54, 1.807) is 0 Å². The highest BCUT2D eigenvalue weighted by Gasteiger charge is 2.17. The number of likely N-dealkylation sites (tertiary alicyclic amines) is 1. The van der Waals surface area contributed by atoms with Gasteiger partial charge in [-0.05, 0) is 64.1 Å². The molecule has 0 saturated carbocycles. The summed E-state index contributed by atoms with van der Waals surface area (Å²) in [5.74, 6) is 0.753. The molecule has 1 heterocycles. The van der Waals surface area contributed by atoms with E-state index in [2.05, 4.69) is 4.90 Å². The van der Waals surface area contributed by atoms with Crippen molar-refractivity contribution in [1.82, 2.24) is 4.90 Å². The molecule has 0 aromatic heterocycles. The number of nitrogens with zero attached hydrogens (tertiary/aromatic N) is 1. The van der Waals surface area contributed by atoms with Gasteiger partial charge in [0.25, 0.3) is 0 Å². The maximum absolute atomic E-state index is 8.85. The Bertz CT molecular complexity index is 142. The fourth-order valence-electron chi connectivity index (χ4n) is 2.31. The number of unbranched alkanes of at least 4 members (excludes halogenated alkanes) is 2. The van der Waals surface area contributed by atoms with Crippen molar-refractivity contribution in [3.63, 3.8) is 0 Å². The molecule has 1 aliphatic heterocycles. The first-order valence-electron chi connectivity index (χ1n) is 6.31. The smallest absolute Gasteiger partial charge is 0.0433 e. The highest BCUT2D eigenvalue weighted by molar-refractivity contribution is 4.71. The third-order valence-electron chi connectivity index (χ3n) is 3.38. The van der Waals surface area contributed by atoms with Crippen LogP contribution in [0.15, 0.2) is 0 Å². The Labute approximate surface area is 93.1 Å². The third kappa shape index (κ3) is 5.50. The molecule has 0 radical (unpaired) electrons. The fraction of sp³-hybridized carbons (Fsp3) is 1.00. The van der Waals surface area contributed by atoms with Crippen molar-refractivity contribution in [2.24, 2.45) is 5.92 Å². The molecule has 1 aliphatic rings. The second-order valence-electron chi connectivity index (χ2n) is 4.58. The molecule has 1 rings (SSSR count). The molecule has 1 saturated heterocycles. The number of aliphatic hydroxyl groups excluding tert-OH is 2. The van der Waals surface area contributed by atoms with Crippen molar-refractivity contribution < 1.29 is 10.2 Å². The maximum atomic E-state index is 8.85. The summed E-state index contributed by atoms with van der Waals surface area (Å²) in [5, 5.41) is 17.5. The predicted molar refractivity (Wildman–Crippen MR) is 61.8 cm³/mol. The van der Waals surface area contributed by atoms with Crippen LogP contribution in [0.25, 0.3) is 0 Å². The highest BCUT2D eigenvalue weighted by Crippen LogP contribution is 2.20. The average molecular weight is 215 g/mol. The van der Waals surface area contributed by atoms with E-state index in [9.17, 15) is 0 Å². The number of hydrogen-bond acceptors (Lipinski definition) is 3. The van der Waals surface area contributed by atoms with Crippen molar-refractivity contribution >= 4 is 0 Å². The van der Waals surface area contributed by atoms with Gasteiger partial charge in [0.2, 0.25) is 0 Å². The molecular weight excluding hydrogens is 190 g/mol. The zero-order valence-electron chi connectivity index (χ0n) is 9.70. The van der Waals surface area contributed by atoms with Crippen LogP contribution in [0.3, 0.4) is 0 Å². The van der Waals surface area contributed by atoms with Crippen LogP contribution < -0.4 is 0 Å². The molecule has 90 valence electrons. The number of piperidine rings is 1. The largest absolute Gasteiger partial charge is 0.396 e. The Morgan fingerprint density at radius 2 is 1.67 bits per heavy atom. The van der Waals surface area contributed by atoms with Gasteiger partial charge in [-0.15, -0.1) is 0 Å². The lowest BCUT2D eigenvalue weighted by Crippen LogP contribution is -2.34. The van der Waals surface area contributed by atoms with Gasteiger partial charge < -0.3 is 15.1 Å². The summed E-state index contributed by atoms with van der Waals surface area (Å²) in [7, 11) is 0. The van der Waals surface area contributed by atoms with E-state index in [-0.39, 0.29) is 0 Å². The minimum atomic E-state index is 0.332. The Balaban J connectivity index is 1.99. The van der Waals surface area contributed by atoms with Crippen molar-refractivity contribution in [3.05, 3.63) is 0 Å². The quantitative estimate of drug-likeness (QED) is 0.628.